The van der Waals surface area contributed by atoms with Gasteiger partial charge in [-0.2, -0.15) is 0 Å². The quantitative estimate of drug-likeness (QED) is 0.787. The van der Waals surface area contributed by atoms with Crippen molar-refractivity contribution in [3.63, 3.8) is 0 Å². The normalized spacial score (nSPS) is 13.8. The lowest BCUT2D eigenvalue weighted by Gasteiger charge is -2.05. The van der Waals surface area contributed by atoms with E-state index in [0.29, 0.717) is 23.1 Å². The van der Waals surface area contributed by atoms with E-state index >= 15 is 0 Å². The molecule has 108 valence electrons. The summed E-state index contributed by atoms with van der Waals surface area (Å²) in [5.41, 5.74) is 1.17. The molecule has 3 N–H and O–H groups in total. The molecule has 1 heterocycles. The molecule has 3 rings (SSSR count). The molecule has 2 amide bonds. The van der Waals surface area contributed by atoms with Crippen LogP contribution in [-0.4, -0.2) is 33.0 Å². The number of hydrogen-bond donors (Lipinski definition) is 3. The number of carbonyl (C=O) groups is 2. The number of carbonyl (C=O) groups excluding carboxylic acids is 2. The molecule has 1 aliphatic carbocycles. The lowest BCUT2D eigenvalue weighted by molar-refractivity contribution is 0.0950. The molecule has 1 aromatic heterocycles. The molecule has 0 atom stereocenters. The maximum Gasteiger partial charge on any atom is 0.295 e. The van der Waals surface area contributed by atoms with E-state index in [4.69, 9.17) is 0 Å². The van der Waals surface area contributed by atoms with Crippen molar-refractivity contribution in [1.29, 1.82) is 0 Å². The van der Waals surface area contributed by atoms with E-state index < -0.39 is 5.91 Å². The number of H-pyrrole nitrogens is 1. The number of rotatable bonds is 4. The fourth-order valence-corrected chi connectivity index (χ4v) is 1.83. The number of benzene rings is 1. The first-order valence-electron chi connectivity index (χ1n) is 6.73. The summed E-state index contributed by atoms with van der Waals surface area (Å²) in [6.45, 7) is 1.72. The van der Waals surface area contributed by atoms with Crippen LogP contribution in [0.5, 0.6) is 0 Å². The van der Waals surface area contributed by atoms with Crippen molar-refractivity contribution in [2.24, 2.45) is 0 Å². The lowest BCUT2D eigenvalue weighted by atomic mass is 10.2. The summed E-state index contributed by atoms with van der Waals surface area (Å²) < 4.78 is 0. The Labute approximate surface area is 121 Å². The zero-order valence-electron chi connectivity index (χ0n) is 11.5. The fraction of sp³-hybridized carbons (Fsp3) is 0.286. The molecule has 0 aliphatic heterocycles. The van der Waals surface area contributed by atoms with Gasteiger partial charge < -0.3 is 10.6 Å². The minimum Gasteiger partial charge on any atom is -0.349 e. The van der Waals surface area contributed by atoms with Crippen LogP contribution in [0.15, 0.2) is 24.3 Å². The van der Waals surface area contributed by atoms with Crippen LogP contribution in [0.2, 0.25) is 0 Å². The second-order valence-electron chi connectivity index (χ2n) is 5.02. The van der Waals surface area contributed by atoms with Crippen molar-refractivity contribution in [3.05, 3.63) is 41.5 Å². The number of anilines is 1. The van der Waals surface area contributed by atoms with Gasteiger partial charge in [-0.15, -0.1) is 5.10 Å². The molecule has 0 spiro atoms. The highest BCUT2D eigenvalue weighted by Gasteiger charge is 2.23. The van der Waals surface area contributed by atoms with Crippen LogP contribution in [0.25, 0.3) is 0 Å². The molecule has 1 aliphatic rings. The molecule has 21 heavy (non-hydrogen) atoms. The van der Waals surface area contributed by atoms with Crippen LogP contribution < -0.4 is 10.6 Å². The topological polar surface area (TPSA) is 99.8 Å². The number of aromatic amines is 1. The zero-order chi connectivity index (χ0) is 14.8. The van der Waals surface area contributed by atoms with Crippen LogP contribution in [0.3, 0.4) is 0 Å². The first-order valence-corrected chi connectivity index (χ1v) is 6.73. The van der Waals surface area contributed by atoms with Crippen molar-refractivity contribution in [3.8, 4) is 0 Å². The molecule has 7 heteroatoms. The Balaban J connectivity index is 1.63. The second kappa shape index (κ2) is 5.35. The molecule has 0 saturated heterocycles. The third-order valence-electron chi connectivity index (χ3n) is 3.12. The van der Waals surface area contributed by atoms with E-state index in [2.05, 4.69) is 25.8 Å². The van der Waals surface area contributed by atoms with Gasteiger partial charge in [-0.25, -0.2) is 4.98 Å². The van der Waals surface area contributed by atoms with Crippen molar-refractivity contribution in [1.82, 2.24) is 20.5 Å². The molecule has 2 aromatic rings. The predicted octanol–water partition coefficient (Wildman–Crippen LogP) is 1.26. The van der Waals surface area contributed by atoms with Gasteiger partial charge in [0.25, 0.3) is 11.8 Å². The molecular formula is C14H15N5O2. The first-order chi connectivity index (χ1) is 10.1. The number of hydrogen-bond acceptors (Lipinski definition) is 4. The Morgan fingerprint density at radius 3 is 2.48 bits per heavy atom. The summed E-state index contributed by atoms with van der Waals surface area (Å²) in [6, 6.07) is 7.04. The molecule has 1 fully saturated rings. The van der Waals surface area contributed by atoms with Gasteiger partial charge in [-0.3, -0.25) is 14.7 Å². The minimum atomic E-state index is -0.394. The van der Waals surface area contributed by atoms with Crippen LogP contribution in [0, 0.1) is 6.92 Å². The Morgan fingerprint density at radius 2 is 1.90 bits per heavy atom. The van der Waals surface area contributed by atoms with Gasteiger partial charge in [0.2, 0.25) is 5.82 Å². The van der Waals surface area contributed by atoms with E-state index in [1.54, 1.807) is 31.2 Å². The Hall–Kier alpha value is -2.70. The van der Waals surface area contributed by atoms with Crippen LogP contribution in [-0.2, 0) is 0 Å². The number of aryl methyl sites for hydroxylation is 1. The first kappa shape index (κ1) is 13.3. The number of aromatic nitrogens is 3. The van der Waals surface area contributed by atoms with Gasteiger partial charge in [-0.1, -0.05) is 0 Å². The zero-order valence-corrected chi connectivity index (χ0v) is 11.5. The SMILES string of the molecule is Cc1nc(C(=O)Nc2ccc(C(=O)NC3CC3)cc2)n[nH]1. The summed E-state index contributed by atoms with van der Waals surface area (Å²) in [7, 11) is 0. The molecule has 7 nitrogen and oxygen atoms in total. The number of amides is 2. The monoisotopic (exact) mass is 285 g/mol. The smallest absolute Gasteiger partial charge is 0.295 e. The Bertz CT molecular complexity index is 673. The Morgan fingerprint density at radius 1 is 1.19 bits per heavy atom. The van der Waals surface area contributed by atoms with E-state index in [1.165, 1.54) is 0 Å². The van der Waals surface area contributed by atoms with Crippen molar-refractivity contribution >= 4 is 17.5 Å². The van der Waals surface area contributed by atoms with Crippen molar-refractivity contribution in [2.45, 2.75) is 25.8 Å². The molecule has 0 radical (unpaired) electrons. The molecule has 1 aromatic carbocycles. The number of nitrogens with one attached hydrogen (secondary N) is 3. The highest BCUT2D eigenvalue weighted by atomic mass is 16.2. The summed E-state index contributed by atoms with van der Waals surface area (Å²) in [5.74, 6) is 0.185. The van der Waals surface area contributed by atoms with E-state index in [9.17, 15) is 9.59 Å². The summed E-state index contributed by atoms with van der Waals surface area (Å²) in [6.07, 6.45) is 2.10. The van der Waals surface area contributed by atoms with Gasteiger partial charge in [-0.05, 0) is 44.0 Å². The van der Waals surface area contributed by atoms with E-state index in [0.717, 1.165) is 12.8 Å². The average molecular weight is 285 g/mol. The van der Waals surface area contributed by atoms with Gasteiger partial charge in [0.1, 0.15) is 5.82 Å². The average Bonchev–Trinajstić information content (AvgIpc) is 3.17. The van der Waals surface area contributed by atoms with Crippen molar-refractivity contribution < 1.29 is 9.59 Å². The van der Waals surface area contributed by atoms with Gasteiger partial charge >= 0.3 is 0 Å². The predicted molar refractivity (Wildman–Crippen MR) is 76.0 cm³/mol. The van der Waals surface area contributed by atoms with Gasteiger partial charge in [0, 0.05) is 17.3 Å². The van der Waals surface area contributed by atoms with E-state index in [-0.39, 0.29) is 11.7 Å². The summed E-state index contributed by atoms with van der Waals surface area (Å²) >= 11 is 0. The molecule has 0 unspecified atom stereocenters. The lowest BCUT2D eigenvalue weighted by Crippen LogP contribution is -2.25. The van der Waals surface area contributed by atoms with Gasteiger partial charge in [0.15, 0.2) is 0 Å². The van der Waals surface area contributed by atoms with Crippen molar-refractivity contribution in [2.75, 3.05) is 5.32 Å². The standard InChI is InChI=1S/C14H15N5O2/c1-8-15-12(19-18-8)14(21)17-10-4-2-9(3-5-10)13(20)16-11-6-7-11/h2-5,11H,6-7H2,1H3,(H,16,20)(H,17,21)(H,15,18,19). The molecule has 1 saturated carbocycles. The maximum absolute atomic E-state index is 11.9. The molecular weight excluding hydrogens is 270 g/mol. The highest BCUT2D eigenvalue weighted by molar-refractivity contribution is 6.02. The third-order valence-corrected chi connectivity index (χ3v) is 3.12. The van der Waals surface area contributed by atoms with E-state index in [1.807, 2.05) is 0 Å². The summed E-state index contributed by atoms with van der Waals surface area (Å²) in [5, 5.41) is 12.0. The Kier molecular flexibility index (Phi) is 3.39. The number of nitrogens with zero attached hydrogens (tertiary/aromatic N) is 2. The largest absolute Gasteiger partial charge is 0.349 e. The van der Waals surface area contributed by atoms with Gasteiger partial charge in [0.05, 0.1) is 0 Å². The minimum absolute atomic E-state index is 0.0834. The second-order valence-corrected chi connectivity index (χ2v) is 5.02. The third kappa shape index (κ3) is 3.25. The highest BCUT2D eigenvalue weighted by Crippen LogP contribution is 2.19. The fourth-order valence-electron chi connectivity index (χ4n) is 1.83. The van der Waals surface area contributed by atoms with Crippen LogP contribution >= 0.6 is 0 Å². The maximum atomic E-state index is 11.9. The van der Waals surface area contributed by atoms with Crippen LogP contribution in [0.4, 0.5) is 5.69 Å². The summed E-state index contributed by atoms with van der Waals surface area (Å²) in [4.78, 5) is 27.6. The molecule has 0 bridgehead atoms. The van der Waals surface area contributed by atoms with Crippen LogP contribution in [0.1, 0.15) is 39.6 Å².